The summed E-state index contributed by atoms with van der Waals surface area (Å²) >= 11 is 9.29. The molecule has 0 saturated carbocycles. The van der Waals surface area contributed by atoms with Gasteiger partial charge in [0.15, 0.2) is 11.5 Å². The van der Waals surface area contributed by atoms with Crippen LogP contribution in [0, 0.1) is 0 Å². The molecule has 1 fully saturated rings. The molecule has 3 aromatic carbocycles. The Labute approximate surface area is 227 Å². The Morgan fingerprint density at radius 1 is 1.05 bits per heavy atom. The molecule has 3 aromatic rings. The van der Waals surface area contributed by atoms with E-state index in [4.69, 9.17) is 21.1 Å². The maximum atomic E-state index is 13.2. The monoisotopic (exact) mass is 580 g/mol. The van der Waals surface area contributed by atoms with Crippen LogP contribution in [0.3, 0.4) is 0 Å². The van der Waals surface area contributed by atoms with Gasteiger partial charge in [0.25, 0.3) is 11.8 Å². The van der Waals surface area contributed by atoms with Crippen molar-refractivity contribution in [2.24, 2.45) is 0 Å². The number of imide groups is 2. The van der Waals surface area contributed by atoms with Gasteiger partial charge in [0.05, 0.1) is 12.8 Å². The third kappa shape index (κ3) is 5.93. The van der Waals surface area contributed by atoms with Crippen LogP contribution < -0.4 is 19.7 Å². The van der Waals surface area contributed by atoms with Gasteiger partial charge in [0.1, 0.15) is 12.2 Å². The first kappa shape index (κ1) is 26.2. The van der Waals surface area contributed by atoms with Crippen molar-refractivity contribution in [2.45, 2.75) is 13.0 Å². The van der Waals surface area contributed by atoms with Gasteiger partial charge in [-0.05, 0) is 72.2 Å². The van der Waals surface area contributed by atoms with Crippen LogP contribution in [0.4, 0.5) is 10.5 Å². The number of methoxy groups -OCH3 is 1. The molecule has 1 N–H and O–H groups in total. The summed E-state index contributed by atoms with van der Waals surface area (Å²) in [7, 11) is 1.51. The van der Waals surface area contributed by atoms with E-state index < -0.39 is 17.8 Å². The van der Waals surface area contributed by atoms with Crippen LogP contribution in [0.25, 0.3) is 6.08 Å². The maximum Gasteiger partial charge on any atom is 0.335 e. The van der Waals surface area contributed by atoms with E-state index in [9.17, 15) is 14.4 Å². The summed E-state index contributed by atoms with van der Waals surface area (Å²) in [6.45, 7) is 4.10. The van der Waals surface area contributed by atoms with E-state index in [1.165, 1.54) is 13.2 Å². The number of barbiturate groups is 1. The summed E-state index contributed by atoms with van der Waals surface area (Å²) in [5.74, 6) is -0.575. The molecule has 1 aliphatic heterocycles. The Morgan fingerprint density at radius 3 is 2.41 bits per heavy atom. The van der Waals surface area contributed by atoms with Crippen molar-refractivity contribution >= 4 is 57.1 Å². The number of benzene rings is 3. The van der Waals surface area contributed by atoms with Crippen molar-refractivity contribution < 1.29 is 23.9 Å². The van der Waals surface area contributed by atoms with Crippen LogP contribution in [0.5, 0.6) is 11.5 Å². The number of hydrogen-bond acceptors (Lipinski definition) is 5. The molecule has 188 valence electrons. The molecular weight excluding hydrogens is 560 g/mol. The Morgan fingerprint density at radius 2 is 1.76 bits per heavy atom. The molecule has 0 bridgehead atoms. The van der Waals surface area contributed by atoms with Crippen molar-refractivity contribution in [3.8, 4) is 11.5 Å². The third-order valence-electron chi connectivity index (χ3n) is 5.53. The zero-order valence-electron chi connectivity index (χ0n) is 19.8. The number of nitrogens with one attached hydrogen (secondary N) is 1. The normalized spacial score (nSPS) is 14.5. The maximum absolute atomic E-state index is 13.2. The minimum absolute atomic E-state index is 0.191. The highest BCUT2D eigenvalue weighted by atomic mass is 79.9. The number of allylic oxidation sites excluding steroid dienone is 1. The number of carbonyl (C=O) groups excluding carboxylic acids is 3. The standard InChI is InChI=1S/C28H22BrClN2O5/c1-3-4-19-13-18(15-24(36-2)25(19)37-16-17-5-9-21(30)10-6-17)14-23-26(33)31-28(35)32(27(23)34)22-11-7-20(29)8-12-22/h3,5-15H,1,4,16H2,2H3,(H,31,33,35)/b23-14-. The number of amides is 4. The predicted molar refractivity (Wildman–Crippen MR) is 146 cm³/mol. The fourth-order valence-electron chi connectivity index (χ4n) is 3.77. The quantitative estimate of drug-likeness (QED) is 0.198. The Kier molecular flexibility index (Phi) is 8.11. The molecule has 7 nitrogen and oxygen atoms in total. The number of urea groups is 1. The van der Waals surface area contributed by atoms with Crippen LogP contribution in [-0.4, -0.2) is 25.0 Å². The predicted octanol–water partition coefficient (Wildman–Crippen LogP) is 6.09. The smallest absolute Gasteiger partial charge is 0.335 e. The second-order valence-electron chi connectivity index (χ2n) is 8.05. The molecule has 0 spiro atoms. The molecule has 37 heavy (non-hydrogen) atoms. The summed E-state index contributed by atoms with van der Waals surface area (Å²) < 4.78 is 12.4. The van der Waals surface area contributed by atoms with Gasteiger partial charge in [-0.2, -0.15) is 0 Å². The number of nitrogens with zero attached hydrogens (tertiary/aromatic N) is 1. The number of anilines is 1. The first-order valence-corrected chi connectivity index (χ1v) is 12.3. The topological polar surface area (TPSA) is 84.9 Å². The first-order chi connectivity index (χ1) is 17.8. The van der Waals surface area contributed by atoms with Gasteiger partial charge in [-0.1, -0.05) is 45.7 Å². The lowest BCUT2D eigenvalue weighted by Crippen LogP contribution is -2.54. The van der Waals surface area contributed by atoms with Crippen LogP contribution in [0.2, 0.25) is 5.02 Å². The minimum Gasteiger partial charge on any atom is -0.493 e. The number of rotatable bonds is 8. The Bertz CT molecular complexity index is 1400. The highest BCUT2D eigenvalue weighted by molar-refractivity contribution is 9.10. The number of hydrogen-bond donors (Lipinski definition) is 1. The molecule has 0 aromatic heterocycles. The van der Waals surface area contributed by atoms with E-state index in [0.29, 0.717) is 34.2 Å². The number of halogens is 2. The van der Waals surface area contributed by atoms with Crippen molar-refractivity contribution in [2.75, 3.05) is 12.0 Å². The van der Waals surface area contributed by atoms with Crippen LogP contribution in [0.1, 0.15) is 16.7 Å². The second-order valence-corrected chi connectivity index (χ2v) is 9.41. The summed E-state index contributed by atoms with van der Waals surface area (Å²) in [6, 6.07) is 16.5. The molecule has 1 saturated heterocycles. The molecular formula is C28H22BrClN2O5. The summed E-state index contributed by atoms with van der Waals surface area (Å²) in [4.78, 5) is 39.3. The van der Waals surface area contributed by atoms with Crippen molar-refractivity contribution in [3.05, 3.63) is 105 Å². The molecule has 0 atom stereocenters. The van der Waals surface area contributed by atoms with Gasteiger partial charge in [-0.3, -0.25) is 14.9 Å². The van der Waals surface area contributed by atoms with Crippen molar-refractivity contribution in [3.63, 3.8) is 0 Å². The molecule has 0 aliphatic carbocycles. The molecule has 1 aliphatic rings. The first-order valence-electron chi connectivity index (χ1n) is 11.2. The van der Waals surface area contributed by atoms with Gasteiger partial charge in [-0.25, -0.2) is 9.69 Å². The van der Waals surface area contributed by atoms with Crippen molar-refractivity contribution in [1.29, 1.82) is 0 Å². The number of carbonyl (C=O) groups is 3. The minimum atomic E-state index is -0.814. The van der Waals surface area contributed by atoms with Crippen molar-refractivity contribution in [1.82, 2.24) is 5.32 Å². The lowest BCUT2D eigenvalue weighted by molar-refractivity contribution is -0.122. The highest BCUT2D eigenvalue weighted by Crippen LogP contribution is 2.35. The van der Waals surface area contributed by atoms with E-state index >= 15 is 0 Å². The molecule has 0 unspecified atom stereocenters. The lowest BCUT2D eigenvalue weighted by Gasteiger charge is -2.26. The Hall–Kier alpha value is -3.88. The van der Waals surface area contributed by atoms with E-state index in [1.54, 1.807) is 54.6 Å². The lowest BCUT2D eigenvalue weighted by atomic mass is 10.0. The van der Waals surface area contributed by atoms with E-state index in [1.807, 2.05) is 12.1 Å². The Balaban J connectivity index is 1.69. The largest absolute Gasteiger partial charge is 0.493 e. The second kappa shape index (κ2) is 11.5. The van der Waals surface area contributed by atoms with Crippen LogP contribution >= 0.6 is 27.5 Å². The van der Waals surface area contributed by atoms with Gasteiger partial charge in [0, 0.05) is 15.1 Å². The van der Waals surface area contributed by atoms with E-state index in [-0.39, 0.29) is 12.2 Å². The van der Waals surface area contributed by atoms with E-state index in [0.717, 1.165) is 20.5 Å². The number of ether oxygens (including phenoxy) is 2. The van der Waals surface area contributed by atoms with E-state index in [2.05, 4.69) is 27.8 Å². The average molecular weight is 582 g/mol. The van der Waals surface area contributed by atoms with Gasteiger partial charge < -0.3 is 9.47 Å². The summed E-state index contributed by atoms with van der Waals surface area (Å²) in [5.41, 5.74) is 2.34. The molecule has 9 heteroatoms. The van der Waals surface area contributed by atoms with Crippen LogP contribution in [0.15, 0.2) is 83.4 Å². The molecule has 4 rings (SSSR count). The van der Waals surface area contributed by atoms with Gasteiger partial charge >= 0.3 is 6.03 Å². The SMILES string of the molecule is C=CCc1cc(/C=C2/C(=O)NC(=O)N(c3ccc(Br)cc3)C2=O)cc(OC)c1OCc1ccc(Cl)cc1. The molecule has 4 amide bonds. The highest BCUT2D eigenvalue weighted by Gasteiger charge is 2.36. The third-order valence-corrected chi connectivity index (χ3v) is 6.31. The zero-order chi connectivity index (χ0) is 26.5. The van der Waals surface area contributed by atoms with Gasteiger partial charge in [-0.15, -0.1) is 6.58 Å². The average Bonchev–Trinajstić information content (AvgIpc) is 2.88. The molecule has 0 radical (unpaired) electrons. The summed E-state index contributed by atoms with van der Waals surface area (Å²) in [6.07, 6.45) is 3.59. The van der Waals surface area contributed by atoms with Gasteiger partial charge in [0.2, 0.25) is 0 Å². The fourth-order valence-corrected chi connectivity index (χ4v) is 4.16. The van der Waals surface area contributed by atoms with Crippen LogP contribution in [-0.2, 0) is 22.6 Å². The molecule has 1 heterocycles. The fraction of sp³-hybridized carbons (Fsp3) is 0.107. The summed E-state index contributed by atoms with van der Waals surface area (Å²) in [5, 5.41) is 2.86. The zero-order valence-corrected chi connectivity index (χ0v) is 22.1.